The van der Waals surface area contributed by atoms with Crippen molar-refractivity contribution in [3.8, 4) is 0 Å². The smallest absolute Gasteiger partial charge is 0.0948 e. The normalized spacial score (nSPS) is 16.4. The molecule has 72 valence electrons. The molecule has 2 rings (SSSR count). The third-order valence-electron chi connectivity index (χ3n) is 2.72. The molecule has 1 aliphatic carbocycles. The molecule has 3 heteroatoms. The lowest BCUT2D eigenvalue weighted by Crippen LogP contribution is -2.06. The molecule has 0 saturated heterocycles. The van der Waals surface area contributed by atoms with E-state index in [4.69, 9.17) is 5.73 Å². The summed E-state index contributed by atoms with van der Waals surface area (Å²) in [5.74, 6) is 1.03. The van der Waals surface area contributed by atoms with Crippen LogP contribution in [0.25, 0.3) is 0 Å². The third-order valence-corrected chi connectivity index (χ3v) is 2.72. The van der Waals surface area contributed by atoms with Crippen molar-refractivity contribution in [1.29, 1.82) is 0 Å². The van der Waals surface area contributed by atoms with Gasteiger partial charge in [-0.05, 0) is 18.8 Å². The average Bonchev–Trinajstić information content (AvgIpc) is 2.84. The largest absolute Gasteiger partial charge is 0.333 e. The second-order valence-corrected chi connectivity index (χ2v) is 3.87. The molecule has 1 aromatic heterocycles. The van der Waals surface area contributed by atoms with Gasteiger partial charge in [-0.25, -0.2) is 4.98 Å². The Balaban J connectivity index is 1.78. The second-order valence-electron chi connectivity index (χ2n) is 3.87. The second kappa shape index (κ2) is 3.92. The SMILES string of the molecule is NCc1cncn1CCCC1CC1. The predicted octanol–water partition coefficient (Wildman–Crippen LogP) is 1.53. The van der Waals surface area contributed by atoms with Gasteiger partial charge in [-0.2, -0.15) is 0 Å². The Morgan fingerprint density at radius 3 is 3.08 bits per heavy atom. The number of nitrogens with zero attached hydrogens (tertiary/aromatic N) is 2. The van der Waals surface area contributed by atoms with Gasteiger partial charge in [-0.15, -0.1) is 0 Å². The molecule has 1 heterocycles. The molecule has 0 spiro atoms. The fourth-order valence-corrected chi connectivity index (χ4v) is 1.68. The Labute approximate surface area is 79.0 Å². The van der Waals surface area contributed by atoms with E-state index in [-0.39, 0.29) is 0 Å². The molecule has 0 bridgehead atoms. The summed E-state index contributed by atoms with van der Waals surface area (Å²) in [7, 11) is 0. The van der Waals surface area contributed by atoms with Crippen molar-refractivity contribution < 1.29 is 0 Å². The molecule has 0 amide bonds. The summed E-state index contributed by atoms with van der Waals surface area (Å²) in [6.45, 7) is 1.69. The van der Waals surface area contributed by atoms with Crippen LogP contribution < -0.4 is 5.73 Å². The van der Waals surface area contributed by atoms with Crippen LogP contribution in [0.4, 0.5) is 0 Å². The fraction of sp³-hybridized carbons (Fsp3) is 0.700. The van der Waals surface area contributed by atoms with Gasteiger partial charge in [0.1, 0.15) is 0 Å². The zero-order chi connectivity index (χ0) is 9.10. The van der Waals surface area contributed by atoms with Crippen molar-refractivity contribution in [2.24, 2.45) is 11.7 Å². The minimum atomic E-state index is 0.601. The lowest BCUT2D eigenvalue weighted by molar-refractivity contribution is 0.563. The van der Waals surface area contributed by atoms with E-state index in [0.29, 0.717) is 6.54 Å². The average molecular weight is 179 g/mol. The summed E-state index contributed by atoms with van der Waals surface area (Å²) >= 11 is 0. The van der Waals surface area contributed by atoms with Gasteiger partial charge in [-0.3, -0.25) is 0 Å². The summed E-state index contributed by atoms with van der Waals surface area (Å²) in [5.41, 5.74) is 6.73. The molecular formula is C10H17N3. The van der Waals surface area contributed by atoms with E-state index in [1.54, 1.807) is 0 Å². The van der Waals surface area contributed by atoms with E-state index < -0.39 is 0 Å². The number of nitrogens with two attached hydrogens (primary N) is 1. The number of aryl methyl sites for hydroxylation is 1. The Morgan fingerprint density at radius 2 is 2.38 bits per heavy atom. The van der Waals surface area contributed by atoms with Crippen LogP contribution in [0, 0.1) is 5.92 Å². The number of rotatable bonds is 5. The van der Waals surface area contributed by atoms with Crippen molar-refractivity contribution in [3.05, 3.63) is 18.2 Å². The topological polar surface area (TPSA) is 43.8 Å². The molecule has 0 atom stereocenters. The summed E-state index contributed by atoms with van der Waals surface area (Å²) in [4.78, 5) is 4.09. The third kappa shape index (κ3) is 2.31. The zero-order valence-electron chi connectivity index (χ0n) is 7.95. The lowest BCUT2D eigenvalue weighted by atomic mass is 10.2. The van der Waals surface area contributed by atoms with E-state index in [2.05, 4.69) is 9.55 Å². The maximum atomic E-state index is 5.58. The van der Waals surface area contributed by atoms with Crippen LogP contribution in [-0.2, 0) is 13.1 Å². The van der Waals surface area contributed by atoms with Crippen LogP contribution in [0.2, 0.25) is 0 Å². The number of hydrogen-bond acceptors (Lipinski definition) is 2. The van der Waals surface area contributed by atoms with Gasteiger partial charge in [0.2, 0.25) is 0 Å². The van der Waals surface area contributed by atoms with E-state index in [1.807, 2.05) is 12.5 Å². The molecule has 1 aliphatic rings. The van der Waals surface area contributed by atoms with Crippen LogP contribution in [0.15, 0.2) is 12.5 Å². The van der Waals surface area contributed by atoms with E-state index in [9.17, 15) is 0 Å². The van der Waals surface area contributed by atoms with Gasteiger partial charge >= 0.3 is 0 Å². The van der Waals surface area contributed by atoms with E-state index >= 15 is 0 Å². The van der Waals surface area contributed by atoms with Gasteiger partial charge in [0, 0.05) is 19.3 Å². The molecule has 1 saturated carbocycles. The summed E-state index contributed by atoms with van der Waals surface area (Å²) in [6.07, 6.45) is 9.30. The minimum absolute atomic E-state index is 0.601. The van der Waals surface area contributed by atoms with E-state index in [0.717, 1.165) is 18.2 Å². The van der Waals surface area contributed by atoms with Crippen molar-refractivity contribution in [2.45, 2.75) is 38.8 Å². The highest BCUT2D eigenvalue weighted by molar-refractivity contribution is 4.96. The summed E-state index contributed by atoms with van der Waals surface area (Å²) < 4.78 is 2.17. The Kier molecular flexibility index (Phi) is 2.64. The van der Waals surface area contributed by atoms with Gasteiger partial charge in [0.25, 0.3) is 0 Å². The first-order valence-corrected chi connectivity index (χ1v) is 5.09. The van der Waals surface area contributed by atoms with Crippen molar-refractivity contribution in [3.63, 3.8) is 0 Å². The predicted molar refractivity (Wildman–Crippen MR) is 52.1 cm³/mol. The van der Waals surface area contributed by atoms with Crippen LogP contribution in [0.3, 0.4) is 0 Å². The standard InChI is InChI=1S/C10H17N3/c11-6-10-7-12-8-13(10)5-1-2-9-3-4-9/h7-9H,1-6,11H2. The molecule has 2 N–H and O–H groups in total. The zero-order valence-corrected chi connectivity index (χ0v) is 7.95. The molecule has 3 nitrogen and oxygen atoms in total. The highest BCUT2D eigenvalue weighted by atomic mass is 15.0. The minimum Gasteiger partial charge on any atom is -0.333 e. The maximum Gasteiger partial charge on any atom is 0.0948 e. The van der Waals surface area contributed by atoms with Crippen molar-refractivity contribution in [2.75, 3.05) is 0 Å². The highest BCUT2D eigenvalue weighted by Gasteiger charge is 2.20. The molecule has 0 radical (unpaired) electrons. The maximum absolute atomic E-state index is 5.58. The summed E-state index contributed by atoms with van der Waals surface area (Å²) in [6, 6.07) is 0. The molecule has 0 aromatic carbocycles. The van der Waals surface area contributed by atoms with Gasteiger partial charge in [0.15, 0.2) is 0 Å². The fourth-order valence-electron chi connectivity index (χ4n) is 1.68. The number of aromatic nitrogens is 2. The molecule has 0 unspecified atom stereocenters. The molecule has 13 heavy (non-hydrogen) atoms. The Bertz CT molecular complexity index is 263. The highest BCUT2D eigenvalue weighted by Crippen LogP contribution is 2.33. The van der Waals surface area contributed by atoms with Crippen LogP contribution >= 0.6 is 0 Å². The first-order chi connectivity index (χ1) is 6.40. The van der Waals surface area contributed by atoms with Crippen molar-refractivity contribution in [1.82, 2.24) is 9.55 Å². The van der Waals surface area contributed by atoms with Crippen LogP contribution in [-0.4, -0.2) is 9.55 Å². The lowest BCUT2D eigenvalue weighted by Gasteiger charge is -2.05. The first-order valence-electron chi connectivity index (χ1n) is 5.09. The van der Waals surface area contributed by atoms with Gasteiger partial charge in [-0.1, -0.05) is 12.8 Å². The van der Waals surface area contributed by atoms with Crippen molar-refractivity contribution >= 4 is 0 Å². The Hall–Kier alpha value is -0.830. The molecule has 1 aromatic rings. The van der Waals surface area contributed by atoms with Gasteiger partial charge < -0.3 is 10.3 Å². The number of hydrogen-bond donors (Lipinski definition) is 1. The molecular weight excluding hydrogens is 162 g/mol. The molecule has 1 fully saturated rings. The molecule has 0 aliphatic heterocycles. The number of imidazole rings is 1. The van der Waals surface area contributed by atoms with E-state index in [1.165, 1.54) is 25.7 Å². The first kappa shape index (κ1) is 8.75. The van der Waals surface area contributed by atoms with Crippen LogP contribution in [0.1, 0.15) is 31.4 Å². The summed E-state index contributed by atoms with van der Waals surface area (Å²) in [5, 5.41) is 0. The van der Waals surface area contributed by atoms with Gasteiger partial charge in [0.05, 0.1) is 12.0 Å². The Morgan fingerprint density at radius 1 is 1.54 bits per heavy atom. The monoisotopic (exact) mass is 179 g/mol. The van der Waals surface area contributed by atoms with Crippen LogP contribution in [0.5, 0.6) is 0 Å². The quantitative estimate of drug-likeness (QED) is 0.745.